The average Bonchev–Trinajstić information content (AvgIpc) is 2.21. The second-order valence-electron chi connectivity index (χ2n) is 5.30. The molecule has 0 saturated carbocycles. The third-order valence-corrected chi connectivity index (χ3v) is 3.30. The minimum Gasteiger partial charge on any atom is -0.481 e. The molecule has 4 nitrogen and oxygen atoms in total. The highest BCUT2D eigenvalue weighted by Crippen LogP contribution is 2.05. The van der Waals surface area contributed by atoms with Crippen molar-refractivity contribution in [2.24, 2.45) is 5.92 Å². The molecule has 4 heteroatoms. The first-order valence-electron chi connectivity index (χ1n) is 6.49. The van der Waals surface area contributed by atoms with Crippen molar-refractivity contribution in [2.75, 3.05) is 13.1 Å². The fourth-order valence-corrected chi connectivity index (χ4v) is 1.92. The molecule has 0 radical (unpaired) electrons. The maximum atomic E-state index is 10.8. The Morgan fingerprint density at radius 2 is 1.59 bits per heavy atom. The number of rotatable bonds is 8. The summed E-state index contributed by atoms with van der Waals surface area (Å²) in [5.41, 5.74) is 0. The van der Waals surface area contributed by atoms with Gasteiger partial charge in [0.15, 0.2) is 0 Å². The molecular weight excluding hydrogens is 216 g/mol. The first-order chi connectivity index (χ1) is 7.77. The topological polar surface area (TPSA) is 52.6 Å². The zero-order chi connectivity index (χ0) is 13.6. The minimum absolute atomic E-state index is 0.00803. The molecule has 0 aliphatic rings. The minimum atomic E-state index is -0.741. The van der Waals surface area contributed by atoms with Crippen molar-refractivity contribution < 1.29 is 9.90 Å². The molecule has 0 spiro atoms. The lowest BCUT2D eigenvalue weighted by atomic mass is 10.0. The summed E-state index contributed by atoms with van der Waals surface area (Å²) < 4.78 is 0. The molecule has 2 atom stereocenters. The Morgan fingerprint density at radius 1 is 1.12 bits per heavy atom. The number of nitrogens with one attached hydrogen (secondary N) is 1. The van der Waals surface area contributed by atoms with Crippen molar-refractivity contribution >= 4 is 5.97 Å². The van der Waals surface area contributed by atoms with E-state index in [2.05, 4.69) is 37.9 Å². The van der Waals surface area contributed by atoms with Gasteiger partial charge >= 0.3 is 5.97 Å². The van der Waals surface area contributed by atoms with E-state index >= 15 is 0 Å². The highest BCUT2D eigenvalue weighted by molar-refractivity contribution is 5.70. The Balaban J connectivity index is 4.00. The van der Waals surface area contributed by atoms with Gasteiger partial charge in [0.05, 0.1) is 5.92 Å². The smallest absolute Gasteiger partial charge is 0.307 e. The first-order valence-corrected chi connectivity index (χ1v) is 6.49. The summed E-state index contributed by atoms with van der Waals surface area (Å²) in [5.74, 6) is -1.09. The zero-order valence-corrected chi connectivity index (χ0v) is 12.0. The van der Waals surface area contributed by atoms with Crippen LogP contribution in [-0.2, 0) is 4.79 Å². The van der Waals surface area contributed by atoms with Crippen molar-refractivity contribution in [2.45, 2.75) is 59.7 Å². The second-order valence-corrected chi connectivity index (χ2v) is 5.30. The van der Waals surface area contributed by atoms with Crippen LogP contribution in [0.5, 0.6) is 0 Å². The summed E-state index contributed by atoms with van der Waals surface area (Å²) in [7, 11) is 0. The Bertz CT molecular complexity index is 221. The lowest BCUT2D eigenvalue weighted by Gasteiger charge is -2.31. The highest BCUT2D eigenvalue weighted by Gasteiger charge is 2.19. The third kappa shape index (κ3) is 6.03. The van der Waals surface area contributed by atoms with Gasteiger partial charge in [-0.1, -0.05) is 6.92 Å². The van der Waals surface area contributed by atoms with Gasteiger partial charge in [0.2, 0.25) is 0 Å². The van der Waals surface area contributed by atoms with Gasteiger partial charge in [-0.05, 0) is 34.6 Å². The van der Waals surface area contributed by atoms with E-state index in [1.807, 2.05) is 6.92 Å². The van der Waals surface area contributed by atoms with E-state index in [-0.39, 0.29) is 12.0 Å². The van der Waals surface area contributed by atoms with Gasteiger partial charge < -0.3 is 10.4 Å². The maximum absolute atomic E-state index is 10.8. The fraction of sp³-hybridized carbons (Fsp3) is 0.923. The van der Waals surface area contributed by atoms with Gasteiger partial charge in [-0.15, -0.1) is 0 Å². The Labute approximate surface area is 105 Å². The molecule has 0 rings (SSSR count). The van der Waals surface area contributed by atoms with Crippen LogP contribution < -0.4 is 5.32 Å². The van der Waals surface area contributed by atoms with Crippen LogP contribution in [-0.4, -0.2) is 47.2 Å². The molecule has 0 aromatic rings. The van der Waals surface area contributed by atoms with Crippen LogP contribution in [0.4, 0.5) is 0 Å². The lowest BCUT2D eigenvalue weighted by molar-refractivity contribution is -0.141. The van der Waals surface area contributed by atoms with Crippen molar-refractivity contribution in [1.29, 1.82) is 0 Å². The summed E-state index contributed by atoms with van der Waals surface area (Å²) in [6, 6.07) is 1.04. The van der Waals surface area contributed by atoms with Crippen LogP contribution in [0.15, 0.2) is 0 Å². The molecule has 2 unspecified atom stereocenters. The molecule has 0 aliphatic heterocycles. The van der Waals surface area contributed by atoms with E-state index in [1.54, 1.807) is 6.92 Å². The molecule has 0 aliphatic carbocycles. The summed E-state index contributed by atoms with van der Waals surface area (Å²) in [5, 5.41) is 12.2. The van der Waals surface area contributed by atoms with Gasteiger partial charge in [0, 0.05) is 31.2 Å². The van der Waals surface area contributed by atoms with Crippen LogP contribution in [0.3, 0.4) is 0 Å². The van der Waals surface area contributed by atoms with Crippen LogP contribution in [0, 0.1) is 5.92 Å². The zero-order valence-electron chi connectivity index (χ0n) is 12.0. The van der Waals surface area contributed by atoms with E-state index < -0.39 is 5.97 Å². The van der Waals surface area contributed by atoms with Gasteiger partial charge in [-0.3, -0.25) is 9.69 Å². The normalized spacial score (nSPS) is 15.6. The predicted molar refractivity (Wildman–Crippen MR) is 71.2 cm³/mol. The average molecular weight is 244 g/mol. The largest absolute Gasteiger partial charge is 0.481 e. The molecule has 102 valence electrons. The monoisotopic (exact) mass is 244 g/mol. The van der Waals surface area contributed by atoms with Crippen molar-refractivity contribution in [3.63, 3.8) is 0 Å². The number of hydrogen-bond acceptors (Lipinski definition) is 3. The molecule has 0 saturated heterocycles. The second kappa shape index (κ2) is 7.67. The van der Waals surface area contributed by atoms with Crippen LogP contribution in [0.25, 0.3) is 0 Å². The number of nitrogens with zero attached hydrogens (tertiary/aromatic N) is 1. The molecule has 0 bridgehead atoms. The van der Waals surface area contributed by atoms with Gasteiger partial charge in [-0.25, -0.2) is 0 Å². The van der Waals surface area contributed by atoms with Crippen LogP contribution in [0.1, 0.15) is 41.5 Å². The standard InChI is InChI=1S/C13H28N2O2/c1-9(2)15(10(3)4)8-7-14-12(6)11(5)13(16)17/h9-12,14H,7-8H2,1-6H3,(H,16,17). The quantitative estimate of drug-likeness (QED) is 0.683. The fourth-order valence-electron chi connectivity index (χ4n) is 1.92. The van der Waals surface area contributed by atoms with E-state index in [0.717, 1.165) is 13.1 Å². The van der Waals surface area contributed by atoms with Crippen molar-refractivity contribution in [3.05, 3.63) is 0 Å². The van der Waals surface area contributed by atoms with Crippen molar-refractivity contribution in [1.82, 2.24) is 10.2 Å². The molecule has 0 aromatic carbocycles. The molecule has 17 heavy (non-hydrogen) atoms. The number of carboxylic acid groups (broad SMARTS) is 1. The number of carboxylic acids is 1. The van der Waals surface area contributed by atoms with Gasteiger partial charge in [0.1, 0.15) is 0 Å². The Morgan fingerprint density at radius 3 is 1.94 bits per heavy atom. The molecule has 2 N–H and O–H groups in total. The molecule has 0 aromatic heterocycles. The Hall–Kier alpha value is -0.610. The Kier molecular flexibility index (Phi) is 7.39. The van der Waals surface area contributed by atoms with Crippen LogP contribution >= 0.6 is 0 Å². The molecule has 0 amide bonds. The number of carbonyl (C=O) groups is 1. The first kappa shape index (κ1) is 16.4. The number of hydrogen-bond donors (Lipinski definition) is 2. The van der Waals surface area contributed by atoms with E-state index in [9.17, 15) is 4.79 Å². The summed E-state index contributed by atoms with van der Waals surface area (Å²) in [6.45, 7) is 14.2. The van der Waals surface area contributed by atoms with Crippen LogP contribution in [0.2, 0.25) is 0 Å². The van der Waals surface area contributed by atoms with Gasteiger partial charge in [0.25, 0.3) is 0 Å². The van der Waals surface area contributed by atoms with Gasteiger partial charge in [-0.2, -0.15) is 0 Å². The maximum Gasteiger partial charge on any atom is 0.307 e. The number of aliphatic carboxylic acids is 1. The lowest BCUT2D eigenvalue weighted by Crippen LogP contribution is -2.44. The molecule has 0 fully saturated rings. The van der Waals surface area contributed by atoms with E-state index in [4.69, 9.17) is 5.11 Å². The highest BCUT2D eigenvalue weighted by atomic mass is 16.4. The van der Waals surface area contributed by atoms with E-state index in [0.29, 0.717) is 12.1 Å². The molecule has 0 heterocycles. The SMILES string of the molecule is CC(NCCN(C(C)C)C(C)C)C(C)C(=O)O. The summed E-state index contributed by atoms with van der Waals surface area (Å²) in [6.07, 6.45) is 0. The molecular formula is C13H28N2O2. The predicted octanol–water partition coefficient (Wildman–Crippen LogP) is 1.80. The summed E-state index contributed by atoms with van der Waals surface area (Å²) in [4.78, 5) is 13.2. The third-order valence-electron chi connectivity index (χ3n) is 3.30. The summed E-state index contributed by atoms with van der Waals surface area (Å²) >= 11 is 0. The van der Waals surface area contributed by atoms with E-state index in [1.165, 1.54) is 0 Å². The van der Waals surface area contributed by atoms with Crippen molar-refractivity contribution in [3.8, 4) is 0 Å².